The van der Waals surface area contributed by atoms with Gasteiger partial charge in [-0.25, -0.2) is 0 Å². The van der Waals surface area contributed by atoms with Crippen LogP contribution in [0.2, 0.25) is 0 Å². The summed E-state index contributed by atoms with van der Waals surface area (Å²) in [5.41, 5.74) is 0. The lowest BCUT2D eigenvalue weighted by Gasteiger charge is -1.99. The number of hydrogen-bond acceptors (Lipinski definition) is 2. The van der Waals surface area contributed by atoms with Gasteiger partial charge in [0.25, 0.3) is 0 Å². The fourth-order valence-electron chi connectivity index (χ4n) is 1.66. The predicted octanol–water partition coefficient (Wildman–Crippen LogP) is -5.00. The Balaban J connectivity index is 0.00000200. The van der Waals surface area contributed by atoms with E-state index in [9.17, 15) is 0 Å². The minimum Gasteiger partial charge on any atom is -1.00 e. The van der Waals surface area contributed by atoms with Crippen LogP contribution in [0.5, 0.6) is 0 Å². The van der Waals surface area contributed by atoms with E-state index in [4.69, 9.17) is 9.68 Å². The van der Waals surface area contributed by atoms with E-state index in [-0.39, 0.29) is 34.0 Å². The van der Waals surface area contributed by atoms with Crippen molar-refractivity contribution in [3.63, 3.8) is 0 Å². The van der Waals surface area contributed by atoms with Crippen LogP contribution >= 0.6 is 0 Å². The van der Waals surface area contributed by atoms with Crippen LogP contribution in [0.3, 0.4) is 0 Å². The van der Waals surface area contributed by atoms with Crippen molar-refractivity contribution in [3.05, 3.63) is 61.2 Å². The molecule has 0 aliphatic heterocycles. The molecule has 0 N–H and O–H groups in total. The maximum atomic E-state index is 5.54. The molecule has 0 aliphatic carbocycles. The van der Waals surface area contributed by atoms with E-state index in [2.05, 4.69) is 0 Å². The molecule has 2 aromatic rings. The van der Waals surface area contributed by atoms with Crippen molar-refractivity contribution in [1.82, 2.24) is 0 Å². The fourth-order valence-corrected chi connectivity index (χ4v) is 1.66. The maximum absolute atomic E-state index is 5.54. The van der Waals surface area contributed by atoms with Gasteiger partial charge in [-0.1, -0.05) is 12.1 Å². The first-order valence-corrected chi connectivity index (χ1v) is 6.64. The zero-order valence-corrected chi connectivity index (χ0v) is 14.9. The first kappa shape index (κ1) is 19.9. The summed E-state index contributed by atoms with van der Waals surface area (Å²) in [4.78, 5) is 11.1. The Morgan fingerprint density at radius 3 is 1.29 bits per heavy atom. The minimum absolute atomic E-state index is 0. The van der Waals surface area contributed by atoms with Crippen molar-refractivity contribution in [2.24, 2.45) is 0 Å². The Labute approximate surface area is 146 Å². The van der Waals surface area contributed by atoms with Gasteiger partial charge in [0.1, 0.15) is 0 Å². The molecular weight excluding hydrogens is 400 g/mol. The van der Waals surface area contributed by atoms with Crippen LogP contribution in [0, 0.1) is 0 Å². The third-order valence-corrected chi connectivity index (χ3v) is 2.65. The van der Waals surface area contributed by atoms with Crippen molar-refractivity contribution >= 4 is 0 Å². The summed E-state index contributed by atoms with van der Waals surface area (Å²) in [5, 5.41) is 0. The maximum Gasteiger partial charge on any atom is 0.222 e. The Hall–Kier alpha value is -1.14. The van der Waals surface area contributed by atoms with Gasteiger partial charge in [0.15, 0.2) is 13.2 Å². The number of hydrogen-bond donors (Lipinski definition) is 0. The molecule has 21 heavy (non-hydrogen) atoms. The third-order valence-electron chi connectivity index (χ3n) is 2.65. The lowest BCUT2D eigenvalue weighted by molar-refractivity contribution is -0.892. The van der Waals surface area contributed by atoms with Crippen LogP contribution in [-0.2, 0) is 0 Å². The monoisotopic (exact) mass is 418 g/mol. The first-order valence-electron chi connectivity index (χ1n) is 6.64. The highest BCUT2D eigenvalue weighted by atomic mass is 79.9. The Morgan fingerprint density at radius 2 is 0.905 bits per heavy atom. The van der Waals surface area contributed by atoms with Crippen molar-refractivity contribution in [2.45, 2.75) is 19.3 Å². The second-order valence-electron chi connectivity index (χ2n) is 4.20. The highest BCUT2D eigenvalue weighted by Gasteiger charge is 2.00. The van der Waals surface area contributed by atoms with E-state index in [1.807, 2.05) is 61.2 Å². The zero-order chi connectivity index (χ0) is 13.2. The topological polar surface area (TPSA) is 26.2 Å². The van der Waals surface area contributed by atoms with Crippen molar-refractivity contribution in [3.8, 4) is 0 Å². The Kier molecular flexibility index (Phi) is 11.9. The molecule has 0 unspecified atom stereocenters. The molecule has 0 radical (unpaired) electrons. The quantitative estimate of drug-likeness (QED) is 0.316. The third kappa shape index (κ3) is 8.67. The van der Waals surface area contributed by atoms with Crippen molar-refractivity contribution in [1.29, 1.82) is 0 Å². The molecule has 0 atom stereocenters. The van der Waals surface area contributed by atoms with Gasteiger partial charge in [0.2, 0.25) is 24.8 Å². The standard InChI is InChI=1S/C15H20N2O2.2BrH/c1-4-10-16(11-5-1)18-14-8-3-9-15-19-17-12-6-2-7-13-17;;/h1-2,4-7,10-13H,3,8-9,14-15H2;2*1H/q+2;;/p-2. The Bertz CT molecular complexity index is 414. The van der Waals surface area contributed by atoms with E-state index in [0.717, 1.165) is 32.5 Å². The molecule has 0 bridgehead atoms. The molecule has 0 aromatic carbocycles. The van der Waals surface area contributed by atoms with Gasteiger partial charge in [-0.15, -0.1) is 0 Å². The molecule has 0 saturated carbocycles. The normalized spacial score (nSPS) is 9.14. The predicted molar refractivity (Wildman–Crippen MR) is 70.0 cm³/mol. The van der Waals surface area contributed by atoms with E-state index in [1.54, 1.807) is 9.46 Å². The van der Waals surface area contributed by atoms with Crippen LogP contribution in [0.25, 0.3) is 0 Å². The van der Waals surface area contributed by atoms with Gasteiger partial charge < -0.3 is 34.0 Å². The molecule has 116 valence electrons. The smallest absolute Gasteiger partial charge is 0.222 e. The molecule has 2 aromatic heterocycles. The van der Waals surface area contributed by atoms with E-state index < -0.39 is 0 Å². The number of halogens is 2. The first-order chi connectivity index (χ1) is 9.45. The summed E-state index contributed by atoms with van der Waals surface area (Å²) in [6.45, 7) is 1.46. The number of pyridine rings is 2. The molecule has 2 heterocycles. The molecule has 0 amide bonds. The summed E-state index contributed by atoms with van der Waals surface area (Å²) in [6, 6.07) is 11.7. The molecule has 2 rings (SSSR count). The van der Waals surface area contributed by atoms with Gasteiger partial charge in [-0.3, -0.25) is 9.68 Å². The summed E-state index contributed by atoms with van der Waals surface area (Å²) in [6.07, 6.45) is 10.8. The van der Waals surface area contributed by atoms with E-state index >= 15 is 0 Å². The lowest BCUT2D eigenvalue weighted by Crippen LogP contribution is -3.00. The highest BCUT2D eigenvalue weighted by molar-refractivity contribution is 4.83. The van der Waals surface area contributed by atoms with E-state index in [0.29, 0.717) is 0 Å². The average Bonchev–Trinajstić information content (AvgIpc) is 2.48. The van der Waals surface area contributed by atoms with Crippen LogP contribution in [0.15, 0.2) is 61.2 Å². The van der Waals surface area contributed by atoms with Crippen LogP contribution in [0.4, 0.5) is 0 Å². The molecule has 0 aliphatic rings. The lowest BCUT2D eigenvalue weighted by atomic mass is 10.2. The van der Waals surface area contributed by atoms with E-state index in [1.165, 1.54) is 0 Å². The summed E-state index contributed by atoms with van der Waals surface area (Å²) in [5.74, 6) is 0. The number of nitrogens with zero attached hydrogens (tertiary/aromatic N) is 2. The molecule has 0 spiro atoms. The van der Waals surface area contributed by atoms with Crippen LogP contribution in [0.1, 0.15) is 19.3 Å². The van der Waals surface area contributed by atoms with Crippen molar-refractivity contribution in [2.75, 3.05) is 13.2 Å². The van der Waals surface area contributed by atoms with Crippen LogP contribution < -0.4 is 53.1 Å². The molecule has 0 saturated heterocycles. The number of aromatic nitrogens is 2. The summed E-state index contributed by atoms with van der Waals surface area (Å²) < 4.78 is 3.46. The fraction of sp³-hybridized carbons (Fsp3) is 0.333. The summed E-state index contributed by atoms with van der Waals surface area (Å²) >= 11 is 0. The second-order valence-corrected chi connectivity index (χ2v) is 4.20. The largest absolute Gasteiger partial charge is 1.00 e. The van der Waals surface area contributed by atoms with Gasteiger partial charge in [-0.05, 0) is 19.3 Å². The second kappa shape index (κ2) is 12.6. The molecule has 4 nitrogen and oxygen atoms in total. The molecular formula is C15H20Br2N2O2. The average molecular weight is 420 g/mol. The van der Waals surface area contributed by atoms with Gasteiger partial charge in [0, 0.05) is 33.7 Å². The van der Waals surface area contributed by atoms with Gasteiger partial charge in [-0.2, -0.15) is 0 Å². The Morgan fingerprint density at radius 1 is 0.524 bits per heavy atom. The minimum atomic E-state index is 0. The van der Waals surface area contributed by atoms with Crippen LogP contribution in [-0.4, -0.2) is 13.2 Å². The number of unbranched alkanes of at least 4 members (excludes halogenated alkanes) is 2. The van der Waals surface area contributed by atoms with Gasteiger partial charge >= 0.3 is 0 Å². The van der Waals surface area contributed by atoms with Crippen molar-refractivity contribution < 1.29 is 53.1 Å². The zero-order valence-electron chi connectivity index (χ0n) is 11.8. The number of rotatable bonds is 8. The molecule has 6 heteroatoms. The summed E-state index contributed by atoms with van der Waals surface area (Å²) in [7, 11) is 0. The highest BCUT2D eigenvalue weighted by Crippen LogP contribution is 1.92. The molecule has 0 fully saturated rings. The SMILES string of the molecule is [Br-].[Br-].c1cc[n+](OCCCCCO[n+]2ccccc2)cc1. The van der Waals surface area contributed by atoms with Gasteiger partial charge in [0.05, 0.1) is 0 Å².